The molecule has 0 aliphatic rings. The van der Waals surface area contributed by atoms with Crippen LogP contribution < -0.4 is 0 Å². The molecular weight excluding hydrogens is 324 g/mol. The number of hydrogen-bond donors (Lipinski definition) is 0. The van der Waals surface area contributed by atoms with Crippen LogP contribution in [0.5, 0.6) is 0 Å². The monoisotopic (exact) mass is 327 g/mol. The van der Waals surface area contributed by atoms with Gasteiger partial charge in [0.2, 0.25) is 0 Å². The van der Waals surface area contributed by atoms with E-state index in [0.29, 0.717) is 16.3 Å². The summed E-state index contributed by atoms with van der Waals surface area (Å²) in [6, 6.07) is 1.41. The Hall–Kier alpha value is -0.360. The van der Waals surface area contributed by atoms with Gasteiger partial charge in [-0.2, -0.15) is 0 Å². The third-order valence-electron chi connectivity index (χ3n) is 1.58. The second-order valence-electron chi connectivity index (χ2n) is 2.44. The minimum atomic E-state index is -2.68. The molecule has 1 rings (SSSR count). The Morgan fingerprint density at radius 1 is 1.57 bits per heavy atom. The number of nitrogens with zero attached hydrogens (tertiary/aromatic N) is 1. The number of aldehydes is 1. The van der Waals surface area contributed by atoms with E-state index in [2.05, 4.69) is 36.8 Å². The number of carbonyl (C=O) groups is 1. The summed E-state index contributed by atoms with van der Waals surface area (Å²) in [4.78, 5) is 13.9. The average molecular weight is 329 g/mol. The summed E-state index contributed by atoms with van der Waals surface area (Å²) in [7, 11) is 0. The van der Waals surface area contributed by atoms with E-state index in [1.807, 2.05) is 0 Å². The molecule has 1 aromatic heterocycles. The van der Waals surface area contributed by atoms with Gasteiger partial charge in [0.25, 0.3) is 6.43 Å². The first-order valence-corrected chi connectivity index (χ1v) is 5.50. The van der Waals surface area contributed by atoms with Crippen molar-refractivity contribution in [2.75, 3.05) is 0 Å². The third-order valence-corrected chi connectivity index (χ3v) is 2.85. The van der Waals surface area contributed by atoms with Gasteiger partial charge in [-0.3, -0.25) is 4.79 Å². The van der Waals surface area contributed by atoms with Gasteiger partial charge in [0, 0.05) is 15.4 Å². The molecule has 0 radical (unpaired) electrons. The molecule has 0 aromatic carbocycles. The van der Waals surface area contributed by atoms with Crippen LogP contribution in [0.2, 0.25) is 0 Å². The molecular formula is C8H5Br2F2NO. The number of alkyl halides is 3. The fraction of sp³-hybridized carbons (Fsp3) is 0.250. The van der Waals surface area contributed by atoms with Gasteiger partial charge in [-0.15, -0.1) is 0 Å². The maximum absolute atomic E-state index is 12.5. The number of rotatable bonds is 3. The molecule has 0 atom stereocenters. The molecule has 6 heteroatoms. The van der Waals surface area contributed by atoms with E-state index in [9.17, 15) is 13.6 Å². The summed E-state index contributed by atoms with van der Waals surface area (Å²) in [5, 5.41) is 0.263. The first kappa shape index (κ1) is 11.7. The predicted molar refractivity (Wildman–Crippen MR) is 54.9 cm³/mol. The largest absolute Gasteiger partial charge is 0.296 e. The van der Waals surface area contributed by atoms with Crippen LogP contribution in [0.3, 0.4) is 0 Å². The highest BCUT2D eigenvalue weighted by Crippen LogP contribution is 2.29. The third kappa shape index (κ3) is 2.36. The van der Waals surface area contributed by atoms with Gasteiger partial charge in [0.15, 0.2) is 6.29 Å². The van der Waals surface area contributed by atoms with Gasteiger partial charge < -0.3 is 0 Å². The average Bonchev–Trinajstić information content (AvgIpc) is 2.16. The molecule has 2 nitrogen and oxygen atoms in total. The van der Waals surface area contributed by atoms with Crippen molar-refractivity contribution in [1.82, 2.24) is 4.98 Å². The lowest BCUT2D eigenvalue weighted by Crippen LogP contribution is -2.01. The van der Waals surface area contributed by atoms with Crippen LogP contribution in [0.15, 0.2) is 10.5 Å². The molecule has 0 saturated heterocycles. The lowest BCUT2D eigenvalue weighted by Gasteiger charge is -2.08. The van der Waals surface area contributed by atoms with Gasteiger partial charge in [0.1, 0.15) is 11.4 Å². The lowest BCUT2D eigenvalue weighted by molar-refractivity contribution is 0.111. The van der Waals surface area contributed by atoms with E-state index in [0.717, 1.165) is 0 Å². The van der Waals surface area contributed by atoms with E-state index in [-0.39, 0.29) is 16.7 Å². The molecule has 0 spiro atoms. The summed E-state index contributed by atoms with van der Waals surface area (Å²) in [6.07, 6.45) is -2.24. The topological polar surface area (TPSA) is 30.0 Å². The molecule has 0 saturated carbocycles. The lowest BCUT2D eigenvalue weighted by atomic mass is 10.2. The fourth-order valence-electron chi connectivity index (χ4n) is 0.951. The standard InChI is InChI=1S/C8H5Br2F2NO/c9-2-5-6(10)1-4(3-14)13-7(5)8(11)12/h1,3,8H,2H2. The molecule has 0 aliphatic carbocycles. The Labute approximate surface area is 96.0 Å². The summed E-state index contributed by atoms with van der Waals surface area (Å²) in [6.45, 7) is 0. The van der Waals surface area contributed by atoms with Crippen LogP contribution in [0, 0.1) is 0 Å². The second-order valence-corrected chi connectivity index (χ2v) is 3.86. The van der Waals surface area contributed by atoms with Crippen molar-refractivity contribution >= 4 is 38.1 Å². The molecule has 1 aromatic rings. The van der Waals surface area contributed by atoms with E-state index in [4.69, 9.17) is 0 Å². The van der Waals surface area contributed by atoms with Crippen LogP contribution in [0.25, 0.3) is 0 Å². The van der Waals surface area contributed by atoms with Gasteiger partial charge in [-0.1, -0.05) is 31.9 Å². The molecule has 0 bridgehead atoms. The van der Waals surface area contributed by atoms with Crippen molar-refractivity contribution < 1.29 is 13.6 Å². The molecule has 1 heterocycles. The Kier molecular flexibility index (Phi) is 4.12. The number of carbonyl (C=O) groups excluding carboxylic acids is 1. The molecule has 0 aliphatic heterocycles. The maximum atomic E-state index is 12.5. The Morgan fingerprint density at radius 3 is 2.64 bits per heavy atom. The van der Waals surface area contributed by atoms with Crippen molar-refractivity contribution in [3.63, 3.8) is 0 Å². The van der Waals surface area contributed by atoms with Crippen LogP contribution >= 0.6 is 31.9 Å². The summed E-state index contributed by atoms with van der Waals surface area (Å²) < 4.78 is 25.4. The summed E-state index contributed by atoms with van der Waals surface area (Å²) in [5.41, 5.74) is 0.000764. The van der Waals surface area contributed by atoms with Crippen LogP contribution in [0.1, 0.15) is 28.2 Å². The Bertz CT molecular complexity index is 357. The second kappa shape index (κ2) is 4.93. The number of hydrogen-bond acceptors (Lipinski definition) is 2. The number of pyridine rings is 1. The first-order valence-electron chi connectivity index (χ1n) is 3.58. The minimum absolute atomic E-state index is 0.00289. The first-order chi connectivity index (χ1) is 6.60. The molecule has 0 N–H and O–H groups in total. The normalized spacial score (nSPS) is 10.6. The molecule has 14 heavy (non-hydrogen) atoms. The summed E-state index contributed by atoms with van der Waals surface area (Å²) in [5.74, 6) is 0. The van der Waals surface area contributed by atoms with E-state index in [1.54, 1.807) is 0 Å². The van der Waals surface area contributed by atoms with Gasteiger partial charge >= 0.3 is 0 Å². The van der Waals surface area contributed by atoms with Crippen molar-refractivity contribution in [3.05, 3.63) is 27.5 Å². The highest BCUT2D eigenvalue weighted by Gasteiger charge is 2.17. The zero-order valence-electron chi connectivity index (χ0n) is 6.81. The van der Waals surface area contributed by atoms with E-state index >= 15 is 0 Å². The van der Waals surface area contributed by atoms with Crippen molar-refractivity contribution in [2.24, 2.45) is 0 Å². The molecule has 0 unspecified atom stereocenters. The smallest absolute Gasteiger partial charge is 0.280 e. The van der Waals surface area contributed by atoms with Crippen LogP contribution in [-0.4, -0.2) is 11.3 Å². The highest BCUT2D eigenvalue weighted by atomic mass is 79.9. The zero-order valence-corrected chi connectivity index (χ0v) is 9.98. The zero-order chi connectivity index (χ0) is 10.7. The SMILES string of the molecule is O=Cc1cc(Br)c(CBr)c(C(F)F)n1. The van der Waals surface area contributed by atoms with Crippen molar-refractivity contribution in [2.45, 2.75) is 11.8 Å². The van der Waals surface area contributed by atoms with Gasteiger partial charge in [0.05, 0.1) is 0 Å². The summed E-state index contributed by atoms with van der Waals surface area (Å²) >= 11 is 6.19. The number of halogens is 4. The quantitative estimate of drug-likeness (QED) is 0.628. The molecule has 76 valence electrons. The minimum Gasteiger partial charge on any atom is -0.296 e. The Morgan fingerprint density at radius 2 is 2.21 bits per heavy atom. The van der Waals surface area contributed by atoms with Crippen LogP contribution in [0.4, 0.5) is 8.78 Å². The molecule has 0 fully saturated rings. The number of aromatic nitrogens is 1. The van der Waals surface area contributed by atoms with E-state index in [1.165, 1.54) is 6.07 Å². The fourth-order valence-corrected chi connectivity index (χ4v) is 2.49. The van der Waals surface area contributed by atoms with Crippen molar-refractivity contribution in [3.8, 4) is 0 Å². The van der Waals surface area contributed by atoms with Crippen LogP contribution in [-0.2, 0) is 5.33 Å². The molecule has 0 amide bonds. The van der Waals surface area contributed by atoms with Crippen molar-refractivity contribution in [1.29, 1.82) is 0 Å². The highest BCUT2D eigenvalue weighted by molar-refractivity contribution is 9.10. The van der Waals surface area contributed by atoms with Gasteiger partial charge in [-0.05, 0) is 6.07 Å². The Balaban J connectivity index is 3.35. The van der Waals surface area contributed by atoms with Gasteiger partial charge in [-0.25, -0.2) is 13.8 Å². The maximum Gasteiger partial charge on any atom is 0.280 e. The predicted octanol–water partition coefficient (Wildman–Crippen LogP) is 3.49. The van der Waals surface area contributed by atoms with E-state index < -0.39 is 6.43 Å².